The van der Waals surface area contributed by atoms with Gasteiger partial charge in [-0.15, -0.1) is 0 Å². The molecular weight excluding hydrogens is 320 g/mol. The van der Waals surface area contributed by atoms with E-state index in [-0.39, 0.29) is 37.2 Å². The zero-order chi connectivity index (χ0) is 18.1. The Morgan fingerprint density at radius 2 is 1.68 bits per heavy atom. The van der Waals surface area contributed by atoms with Gasteiger partial charge in [0.2, 0.25) is 5.91 Å². The van der Waals surface area contributed by atoms with E-state index in [1.165, 1.54) is 7.11 Å². The van der Waals surface area contributed by atoms with Crippen LogP contribution in [0.25, 0.3) is 10.8 Å². The second kappa shape index (κ2) is 9.42. The maximum absolute atomic E-state index is 12.1. The van der Waals surface area contributed by atoms with E-state index in [4.69, 9.17) is 0 Å². The molecule has 132 valence electrons. The normalized spacial score (nSPS) is 10.3. The van der Waals surface area contributed by atoms with Crippen LogP contribution in [-0.4, -0.2) is 38.0 Å². The third kappa shape index (κ3) is 5.91. The number of nitrogens with one attached hydrogen (secondary N) is 2. The second-order valence-corrected chi connectivity index (χ2v) is 5.60. The number of benzene rings is 2. The molecule has 0 heterocycles. The zero-order valence-corrected chi connectivity index (χ0v) is 14.2. The smallest absolute Gasteiger partial charge is 0.305 e. The van der Waals surface area contributed by atoms with Gasteiger partial charge in [0, 0.05) is 31.5 Å². The SMILES string of the molecule is COC(=O)CCCNC(=O)CCNC(=O)c1ccc2ccccc2c1. The standard InChI is InChI=1S/C19H22N2O4/c1-25-18(23)7-4-11-20-17(22)10-12-21-19(24)16-9-8-14-5-2-3-6-15(14)13-16/h2-3,5-6,8-9,13H,4,7,10-12H2,1H3,(H,20,22)(H,21,24). The largest absolute Gasteiger partial charge is 0.469 e. The predicted octanol–water partition coefficient (Wildman–Crippen LogP) is 2.03. The van der Waals surface area contributed by atoms with Crippen LogP contribution in [0.4, 0.5) is 0 Å². The lowest BCUT2D eigenvalue weighted by molar-refractivity contribution is -0.140. The lowest BCUT2D eigenvalue weighted by Crippen LogP contribution is -2.31. The highest BCUT2D eigenvalue weighted by Crippen LogP contribution is 2.15. The summed E-state index contributed by atoms with van der Waals surface area (Å²) in [6, 6.07) is 13.3. The van der Waals surface area contributed by atoms with Crippen molar-refractivity contribution in [2.75, 3.05) is 20.2 Å². The molecule has 25 heavy (non-hydrogen) atoms. The lowest BCUT2D eigenvalue weighted by Gasteiger charge is -2.07. The maximum atomic E-state index is 12.1. The van der Waals surface area contributed by atoms with E-state index in [1.54, 1.807) is 6.07 Å². The first-order valence-corrected chi connectivity index (χ1v) is 8.20. The van der Waals surface area contributed by atoms with Crippen molar-refractivity contribution in [3.05, 3.63) is 48.0 Å². The number of hydrogen-bond donors (Lipinski definition) is 2. The first kappa shape index (κ1) is 18.4. The molecule has 0 bridgehead atoms. The van der Waals surface area contributed by atoms with Crippen LogP contribution in [0, 0.1) is 0 Å². The van der Waals surface area contributed by atoms with Gasteiger partial charge in [0.1, 0.15) is 0 Å². The van der Waals surface area contributed by atoms with E-state index in [2.05, 4.69) is 15.4 Å². The molecule has 2 aromatic rings. The molecule has 0 fully saturated rings. The molecule has 6 nitrogen and oxygen atoms in total. The molecule has 0 saturated carbocycles. The topological polar surface area (TPSA) is 84.5 Å². The maximum Gasteiger partial charge on any atom is 0.305 e. The van der Waals surface area contributed by atoms with Crippen molar-refractivity contribution >= 4 is 28.6 Å². The number of carbonyl (C=O) groups is 3. The van der Waals surface area contributed by atoms with Gasteiger partial charge in [-0.25, -0.2) is 0 Å². The van der Waals surface area contributed by atoms with E-state index in [0.29, 0.717) is 18.5 Å². The van der Waals surface area contributed by atoms with Crippen LogP contribution >= 0.6 is 0 Å². The van der Waals surface area contributed by atoms with Crippen molar-refractivity contribution in [1.82, 2.24) is 10.6 Å². The summed E-state index contributed by atoms with van der Waals surface area (Å²) in [6.07, 6.45) is 0.995. The van der Waals surface area contributed by atoms with Crippen LogP contribution in [0.2, 0.25) is 0 Å². The Kier molecular flexibility index (Phi) is 6.95. The van der Waals surface area contributed by atoms with Crippen LogP contribution in [0.1, 0.15) is 29.6 Å². The number of esters is 1. The van der Waals surface area contributed by atoms with Crippen LogP contribution in [0.5, 0.6) is 0 Å². The van der Waals surface area contributed by atoms with Crippen LogP contribution in [0.15, 0.2) is 42.5 Å². The highest BCUT2D eigenvalue weighted by Gasteiger charge is 2.07. The zero-order valence-electron chi connectivity index (χ0n) is 14.2. The summed E-state index contributed by atoms with van der Waals surface area (Å²) in [4.78, 5) is 34.8. The van der Waals surface area contributed by atoms with E-state index in [9.17, 15) is 14.4 Å². The number of fused-ring (bicyclic) bond motifs is 1. The van der Waals surface area contributed by atoms with Crippen LogP contribution < -0.4 is 10.6 Å². The summed E-state index contributed by atoms with van der Waals surface area (Å²) < 4.78 is 4.52. The number of rotatable bonds is 8. The Morgan fingerprint density at radius 3 is 2.44 bits per heavy atom. The Balaban J connectivity index is 1.70. The van der Waals surface area contributed by atoms with Gasteiger partial charge < -0.3 is 15.4 Å². The minimum atomic E-state index is -0.295. The van der Waals surface area contributed by atoms with Gasteiger partial charge in [-0.1, -0.05) is 30.3 Å². The molecule has 6 heteroatoms. The van der Waals surface area contributed by atoms with E-state index >= 15 is 0 Å². The van der Waals surface area contributed by atoms with Gasteiger partial charge in [0.15, 0.2) is 0 Å². The molecule has 0 spiro atoms. The van der Waals surface area contributed by atoms with Crippen LogP contribution in [-0.2, 0) is 14.3 Å². The van der Waals surface area contributed by atoms with Crippen molar-refractivity contribution in [2.24, 2.45) is 0 Å². The Labute approximate surface area is 146 Å². The molecule has 0 aliphatic rings. The number of carbonyl (C=O) groups excluding carboxylic acids is 3. The highest BCUT2D eigenvalue weighted by atomic mass is 16.5. The fourth-order valence-corrected chi connectivity index (χ4v) is 2.37. The minimum Gasteiger partial charge on any atom is -0.469 e. The molecule has 0 saturated heterocycles. The minimum absolute atomic E-state index is 0.163. The molecule has 0 aliphatic heterocycles. The molecule has 0 unspecified atom stereocenters. The highest BCUT2D eigenvalue weighted by molar-refractivity contribution is 5.98. The molecule has 2 amide bonds. The fourth-order valence-electron chi connectivity index (χ4n) is 2.37. The van der Waals surface area contributed by atoms with Crippen LogP contribution in [0.3, 0.4) is 0 Å². The molecule has 0 atom stereocenters. The third-order valence-electron chi connectivity index (χ3n) is 3.76. The second-order valence-electron chi connectivity index (χ2n) is 5.60. The summed E-state index contributed by atoms with van der Waals surface area (Å²) in [6.45, 7) is 0.668. The monoisotopic (exact) mass is 342 g/mol. The number of methoxy groups -OCH3 is 1. The Bertz CT molecular complexity index is 758. The van der Waals surface area contributed by atoms with Gasteiger partial charge in [-0.3, -0.25) is 14.4 Å². The quantitative estimate of drug-likeness (QED) is 0.568. The number of ether oxygens (including phenoxy) is 1. The van der Waals surface area contributed by atoms with Gasteiger partial charge in [0.25, 0.3) is 5.91 Å². The molecule has 0 radical (unpaired) electrons. The average Bonchev–Trinajstić information content (AvgIpc) is 2.64. The first-order valence-electron chi connectivity index (χ1n) is 8.20. The van der Waals surface area contributed by atoms with Gasteiger partial charge in [0.05, 0.1) is 7.11 Å². The van der Waals surface area contributed by atoms with Gasteiger partial charge >= 0.3 is 5.97 Å². The summed E-state index contributed by atoms with van der Waals surface area (Å²) in [5.74, 6) is -0.662. The van der Waals surface area contributed by atoms with Crippen molar-refractivity contribution < 1.29 is 19.1 Å². The predicted molar refractivity (Wildman–Crippen MR) is 95.2 cm³/mol. The summed E-state index contributed by atoms with van der Waals surface area (Å²) in [5.41, 5.74) is 0.567. The van der Waals surface area contributed by atoms with Crippen molar-refractivity contribution in [3.8, 4) is 0 Å². The lowest BCUT2D eigenvalue weighted by atomic mass is 10.1. The summed E-state index contributed by atoms with van der Waals surface area (Å²) in [5, 5.41) is 7.51. The summed E-state index contributed by atoms with van der Waals surface area (Å²) >= 11 is 0. The van der Waals surface area contributed by atoms with E-state index in [0.717, 1.165) is 10.8 Å². The average molecular weight is 342 g/mol. The number of amides is 2. The Hall–Kier alpha value is -2.89. The third-order valence-corrected chi connectivity index (χ3v) is 3.76. The van der Waals surface area contributed by atoms with E-state index in [1.807, 2.05) is 36.4 Å². The summed E-state index contributed by atoms with van der Waals surface area (Å²) in [7, 11) is 1.33. The molecule has 2 rings (SSSR count). The molecule has 0 aromatic heterocycles. The molecule has 2 N–H and O–H groups in total. The van der Waals surface area contributed by atoms with Gasteiger partial charge in [-0.05, 0) is 29.3 Å². The first-order chi connectivity index (χ1) is 12.1. The Morgan fingerprint density at radius 1 is 0.920 bits per heavy atom. The van der Waals surface area contributed by atoms with Crippen molar-refractivity contribution in [1.29, 1.82) is 0 Å². The number of hydrogen-bond acceptors (Lipinski definition) is 4. The van der Waals surface area contributed by atoms with Crippen molar-refractivity contribution in [2.45, 2.75) is 19.3 Å². The molecular formula is C19H22N2O4. The molecule has 0 aliphatic carbocycles. The van der Waals surface area contributed by atoms with E-state index < -0.39 is 0 Å². The van der Waals surface area contributed by atoms with Gasteiger partial charge in [-0.2, -0.15) is 0 Å². The molecule has 2 aromatic carbocycles. The van der Waals surface area contributed by atoms with Crippen molar-refractivity contribution in [3.63, 3.8) is 0 Å². The fraction of sp³-hybridized carbons (Fsp3) is 0.316.